The van der Waals surface area contributed by atoms with Gasteiger partial charge in [0.2, 0.25) is 0 Å². The van der Waals surface area contributed by atoms with Crippen LogP contribution in [-0.2, 0) is 12.8 Å². The minimum atomic E-state index is -0.962. The van der Waals surface area contributed by atoms with Crippen LogP contribution in [0.3, 0.4) is 0 Å². The lowest BCUT2D eigenvalue weighted by Crippen LogP contribution is -2.05. The molecule has 1 aliphatic carbocycles. The van der Waals surface area contributed by atoms with E-state index in [0.29, 0.717) is 11.1 Å². The topological polar surface area (TPSA) is 66.0 Å². The number of nitrogens with zero attached hydrogens (tertiary/aromatic N) is 1. The highest BCUT2D eigenvalue weighted by Crippen LogP contribution is 2.30. The first-order valence-corrected chi connectivity index (χ1v) is 10.1. The molecule has 146 valence electrons. The van der Waals surface area contributed by atoms with E-state index in [1.165, 1.54) is 24.1 Å². The lowest BCUT2D eigenvalue weighted by molar-refractivity contribution is 0.0697. The van der Waals surface area contributed by atoms with Gasteiger partial charge in [-0.05, 0) is 72.5 Å². The van der Waals surface area contributed by atoms with Crippen LogP contribution in [0.2, 0.25) is 0 Å². The SMILES string of the molecule is O=C(O)c1cccc(C#Cc2cnc3c(c2)CCCC3)c1-c1ccc2cc[nH]c2c1. The van der Waals surface area contributed by atoms with Crippen LogP contribution in [0.4, 0.5) is 0 Å². The smallest absolute Gasteiger partial charge is 0.336 e. The minimum absolute atomic E-state index is 0.247. The molecule has 2 heterocycles. The maximum atomic E-state index is 11.9. The number of aryl methyl sites for hydroxylation is 2. The first kappa shape index (κ1) is 18.2. The van der Waals surface area contributed by atoms with Crippen molar-refractivity contribution in [1.82, 2.24) is 9.97 Å². The molecule has 1 aliphatic rings. The Morgan fingerprint density at radius 3 is 2.83 bits per heavy atom. The molecule has 0 saturated carbocycles. The van der Waals surface area contributed by atoms with Crippen molar-refractivity contribution in [2.24, 2.45) is 0 Å². The molecule has 2 aromatic heterocycles. The van der Waals surface area contributed by atoms with E-state index in [4.69, 9.17) is 0 Å². The molecule has 4 heteroatoms. The molecule has 2 N–H and O–H groups in total. The highest BCUT2D eigenvalue weighted by Gasteiger charge is 2.16. The fourth-order valence-electron chi connectivity index (χ4n) is 4.15. The van der Waals surface area contributed by atoms with Crippen LogP contribution in [0.25, 0.3) is 22.0 Å². The summed E-state index contributed by atoms with van der Waals surface area (Å²) in [6, 6.07) is 15.3. The van der Waals surface area contributed by atoms with E-state index in [0.717, 1.165) is 34.9 Å². The van der Waals surface area contributed by atoms with E-state index < -0.39 is 5.97 Å². The minimum Gasteiger partial charge on any atom is -0.478 e. The van der Waals surface area contributed by atoms with Gasteiger partial charge < -0.3 is 10.1 Å². The number of hydrogen-bond donors (Lipinski definition) is 2. The zero-order valence-corrected chi connectivity index (χ0v) is 16.4. The first-order valence-electron chi connectivity index (χ1n) is 10.1. The molecular formula is C26H20N2O2. The number of carboxylic acids is 1. The van der Waals surface area contributed by atoms with Crippen molar-refractivity contribution in [3.63, 3.8) is 0 Å². The molecular weight excluding hydrogens is 372 g/mol. The first-order chi connectivity index (χ1) is 14.7. The average molecular weight is 392 g/mol. The maximum Gasteiger partial charge on any atom is 0.336 e. The Balaban J connectivity index is 1.62. The number of fused-ring (bicyclic) bond motifs is 2. The molecule has 0 spiro atoms. The third kappa shape index (κ3) is 3.35. The van der Waals surface area contributed by atoms with E-state index in [-0.39, 0.29) is 5.56 Å². The number of aromatic carboxylic acids is 1. The standard InChI is InChI=1S/C26H20N2O2/c29-26(30)22-6-3-5-19(25(22)21-11-10-18-12-13-27-24(18)15-21)9-8-17-14-20-4-1-2-7-23(20)28-16-17/h3,5-6,10-16,27H,1-2,4,7H2,(H,29,30). The summed E-state index contributed by atoms with van der Waals surface area (Å²) < 4.78 is 0. The fourth-order valence-corrected chi connectivity index (χ4v) is 4.15. The lowest BCUT2D eigenvalue weighted by atomic mass is 9.93. The van der Waals surface area contributed by atoms with Gasteiger partial charge in [-0.3, -0.25) is 4.98 Å². The van der Waals surface area contributed by atoms with Crippen molar-refractivity contribution >= 4 is 16.9 Å². The van der Waals surface area contributed by atoms with Crippen LogP contribution in [0.15, 0.2) is 60.9 Å². The molecule has 0 aliphatic heterocycles. The van der Waals surface area contributed by atoms with Crippen LogP contribution < -0.4 is 0 Å². The third-order valence-electron chi connectivity index (χ3n) is 5.65. The highest BCUT2D eigenvalue weighted by molar-refractivity contribution is 5.99. The van der Waals surface area contributed by atoms with Gasteiger partial charge in [0.05, 0.1) is 5.56 Å². The third-order valence-corrected chi connectivity index (χ3v) is 5.65. The van der Waals surface area contributed by atoms with E-state index >= 15 is 0 Å². The van der Waals surface area contributed by atoms with Gasteiger partial charge in [-0.15, -0.1) is 0 Å². The van der Waals surface area contributed by atoms with Crippen LogP contribution in [0.1, 0.15) is 45.6 Å². The summed E-state index contributed by atoms with van der Waals surface area (Å²) in [4.78, 5) is 19.7. The summed E-state index contributed by atoms with van der Waals surface area (Å²) in [5.41, 5.74) is 6.70. The van der Waals surface area contributed by atoms with Crippen molar-refractivity contribution in [2.45, 2.75) is 25.7 Å². The molecule has 0 unspecified atom stereocenters. The summed E-state index contributed by atoms with van der Waals surface area (Å²) in [5, 5.41) is 10.9. The largest absolute Gasteiger partial charge is 0.478 e. The zero-order chi connectivity index (χ0) is 20.5. The van der Waals surface area contributed by atoms with Gasteiger partial charge in [0.1, 0.15) is 0 Å². The quantitative estimate of drug-likeness (QED) is 0.461. The summed E-state index contributed by atoms with van der Waals surface area (Å²) in [6.07, 6.45) is 8.17. The number of H-pyrrole nitrogens is 1. The van der Waals surface area contributed by atoms with Crippen LogP contribution in [0, 0.1) is 11.8 Å². The molecule has 30 heavy (non-hydrogen) atoms. The molecule has 5 rings (SSSR count). The lowest BCUT2D eigenvalue weighted by Gasteiger charge is -2.14. The average Bonchev–Trinajstić information content (AvgIpc) is 3.25. The molecule has 0 bridgehead atoms. The summed E-state index contributed by atoms with van der Waals surface area (Å²) in [6.45, 7) is 0. The van der Waals surface area contributed by atoms with E-state index in [9.17, 15) is 9.90 Å². The second-order valence-corrected chi connectivity index (χ2v) is 7.60. The Morgan fingerprint density at radius 2 is 1.93 bits per heavy atom. The Bertz CT molecular complexity index is 1340. The van der Waals surface area contributed by atoms with Gasteiger partial charge in [-0.2, -0.15) is 0 Å². The van der Waals surface area contributed by atoms with Crippen molar-refractivity contribution in [3.05, 3.63) is 88.9 Å². The van der Waals surface area contributed by atoms with Gasteiger partial charge in [-0.1, -0.05) is 30.0 Å². The van der Waals surface area contributed by atoms with Crippen LogP contribution >= 0.6 is 0 Å². The Labute approximate surface area is 174 Å². The van der Waals surface area contributed by atoms with Crippen molar-refractivity contribution in [2.75, 3.05) is 0 Å². The highest BCUT2D eigenvalue weighted by atomic mass is 16.4. The number of aromatic amines is 1. The van der Waals surface area contributed by atoms with Crippen molar-refractivity contribution in [3.8, 4) is 23.0 Å². The van der Waals surface area contributed by atoms with Crippen molar-refractivity contribution < 1.29 is 9.90 Å². The molecule has 4 nitrogen and oxygen atoms in total. The second-order valence-electron chi connectivity index (χ2n) is 7.60. The normalized spacial score (nSPS) is 12.8. The number of carbonyl (C=O) groups is 1. The Hall–Kier alpha value is -3.84. The Morgan fingerprint density at radius 1 is 1.03 bits per heavy atom. The van der Waals surface area contributed by atoms with Crippen LogP contribution in [0.5, 0.6) is 0 Å². The zero-order valence-electron chi connectivity index (χ0n) is 16.4. The molecule has 0 amide bonds. The number of hydrogen-bond acceptors (Lipinski definition) is 2. The van der Waals surface area contributed by atoms with E-state index in [1.54, 1.807) is 12.1 Å². The van der Waals surface area contributed by atoms with Crippen LogP contribution in [-0.4, -0.2) is 21.0 Å². The summed E-state index contributed by atoms with van der Waals surface area (Å²) in [5.74, 6) is 5.45. The molecule has 0 saturated heterocycles. The molecule has 0 radical (unpaired) electrons. The number of rotatable bonds is 2. The number of carboxylic acid groups (broad SMARTS) is 1. The van der Waals surface area contributed by atoms with Gasteiger partial charge >= 0.3 is 5.97 Å². The van der Waals surface area contributed by atoms with Crippen molar-refractivity contribution in [1.29, 1.82) is 0 Å². The number of benzene rings is 2. The number of pyridine rings is 1. The molecule has 4 aromatic rings. The number of aromatic nitrogens is 2. The monoisotopic (exact) mass is 392 g/mol. The fraction of sp³-hybridized carbons (Fsp3) is 0.154. The maximum absolute atomic E-state index is 11.9. The predicted octanol–water partition coefficient (Wildman–Crippen LogP) is 5.21. The van der Waals surface area contributed by atoms with Gasteiger partial charge in [-0.25, -0.2) is 4.79 Å². The number of nitrogens with one attached hydrogen (secondary N) is 1. The Kier molecular flexibility index (Phi) is 4.57. The summed E-state index contributed by atoms with van der Waals surface area (Å²) >= 11 is 0. The van der Waals surface area contributed by atoms with Gasteiger partial charge in [0.15, 0.2) is 0 Å². The summed E-state index contributed by atoms with van der Waals surface area (Å²) in [7, 11) is 0. The molecule has 2 aromatic carbocycles. The van der Waals surface area contributed by atoms with Gasteiger partial charge in [0.25, 0.3) is 0 Å². The predicted molar refractivity (Wildman–Crippen MR) is 118 cm³/mol. The van der Waals surface area contributed by atoms with E-state index in [1.807, 2.05) is 42.7 Å². The molecule has 0 fully saturated rings. The molecule has 0 atom stereocenters. The van der Waals surface area contributed by atoms with E-state index in [2.05, 4.69) is 27.9 Å². The van der Waals surface area contributed by atoms with Gasteiger partial charge in [0, 0.05) is 40.3 Å². The second kappa shape index (κ2) is 7.53.